The van der Waals surface area contributed by atoms with Crippen LogP contribution in [0.2, 0.25) is 0 Å². The number of nitrogens with zero attached hydrogens (tertiary/aromatic N) is 5. The number of ether oxygens (including phenoxy) is 1. The molecule has 0 radical (unpaired) electrons. The molecule has 0 spiro atoms. The number of nitro groups is 1. The minimum absolute atomic E-state index is 0. The molecule has 0 N–H and O–H groups in total. The number of hydrogen-bond donors (Lipinski definition) is 0. The zero-order valence-electron chi connectivity index (χ0n) is 16.5. The summed E-state index contributed by atoms with van der Waals surface area (Å²) in [5.74, 6) is -1.98. The molecule has 1 aromatic carbocycles. The van der Waals surface area contributed by atoms with Gasteiger partial charge in [-0.05, 0) is 30.0 Å². The Kier molecular flexibility index (Phi) is 5.48. The number of rotatable bonds is 4. The van der Waals surface area contributed by atoms with Crippen molar-refractivity contribution in [3.63, 3.8) is 0 Å². The van der Waals surface area contributed by atoms with Crippen molar-refractivity contribution in [1.82, 2.24) is 19.4 Å². The molecule has 0 aliphatic carbocycles. The molecular weight excluding hydrogens is 448 g/mol. The summed E-state index contributed by atoms with van der Waals surface area (Å²) in [6, 6.07) is 4.09. The topological polar surface area (TPSA) is 86.3 Å². The summed E-state index contributed by atoms with van der Waals surface area (Å²) < 4.78 is 34.4. The van der Waals surface area contributed by atoms with E-state index in [0.29, 0.717) is 30.2 Å². The van der Waals surface area contributed by atoms with Crippen LogP contribution in [0.25, 0.3) is 10.6 Å². The number of hydrogen-bond acceptors (Lipinski definition) is 7. The van der Waals surface area contributed by atoms with E-state index in [1.54, 1.807) is 4.57 Å². The number of fused-ring (bicyclic) bond motifs is 2. The third-order valence-corrected chi connectivity index (χ3v) is 6.42. The summed E-state index contributed by atoms with van der Waals surface area (Å²) in [7, 11) is 0. The van der Waals surface area contributed by atoms with Gasteiger partial charge in [0.25, 0.3) is 0 Å². The second-order valence-electron chi connectivity index (χ2n) is 7.80. The summed E-state index contributed by atoms with van der Waals surface area (Å²) in [6.07, 6.45) is 2.15. The fourth-order valence-electron chi connectivity index (χ4n) is 3.97. The first kappa shape index (κ1) is 21.7. The number of thiazole rings is 1. The van der Waals surface area contributed by atoms with Crippen molar-refractivity contribution in [2.24, 2.45) is 0 Å². The Balaban J connectivity index is 0.00000231. The van der Waals surface area contributed by atoms with Crippen LogP contribution in [0.3, 0.4) is 0 Å². The summed E-state index contributed by atoms with van der Waals surface area (Å²) in [5.41, 5.74) is 1.01. The molecule has 2 aliphatic heterocycles. The highest BCUT2D eigenvalue weighted by atomic mass is 32.1. The maximum absolute atomic E-state index is 13.6. The molecular formula is C19H19F2N5O3S2. The van der Waals surface area contributed by atoms with Gasteiger partial charge >= 0.3 is 11.8 Å². The first-order valence-corrected chi connectivity index (χ1v) is 10.2. The largest absolute Gasteiger partial charge is 0.436 e. The van der Waals surface area contributed by atoms with Crippen molar-refractivity contribution in [2.75, 3.05) is 13.1 Å². The minimum Gasteiger partial charge on any atom is -0.436 e. The molecule has 2 aromatic heterocycles. The highest BCUT2D eigenvalue weighted by Crippen LogP contribution is 2.35. The van der Waals surface area contributed by atoms with E-state index < -0.39 is 22.2 Å². The van der Waals surface area contributed by atoms with Gasteiger partial charge in [0, 0.05) is 41.5 Å². The van der Waals surface area contributed by atoms with Crippen LogP contribution >= 0.6 is 24.8 Å². The zero-order chi connectivity index (χ0) is 21.0. The van der Waals surface area contributed by atoms with Gasteiger partial charge in [0.15, 0.2) is 11.6 Å². The monoisotopic (exact) mass is 467 g/mol. The molecule has 164 valence electrons. The second kappa shape index (κ2) is 7.84. The van der Waals surface area contributed by atoms with Crippen molar-refractivity contribution in [3.05, 3.63) is 56.7 Å². The van der Waals surface area contributed by atoms with Crippen LogP contribution < -0.4 is 4.74 Å². The Morgan fingerprint density at radius 1 is 1.32 bits per heavy atom. The lowest BCUT2D eigenvalue weighted by Gasteiger charge is -2.32. The molecule has 8 nitrogen and oxygen atoms in total. The van der Waals surface area contributed by atoms with Gasteiger partial charge in [-0.3, -0.25) is 9.47 Å². The Morgan fingerprint density at radius 3 is 2.84 bits per heavy atom. The fourth-order valence-corrected chi connectivity index (χ4v) is 5.12. The summed E-state index contributed by atoms with van der Waals surface area (Å²) >= 11 is 1.48. The van der Waals surface area contributed by atoms with Gasteiger partial charge < -0.3 is 14.9 Å². The fraction of sp³-hybridized carbons (Fsp3) is 0.368. The first-order chi connectivity index (χ1) is 14.3. The van der Waals surface area contributed by atoms with Gasteiger partial charge in [0.2, 0.25) is 0 Å². The SMILES string of the molecule is C[C@]1(CN2CCc3nc(-c4ccc(F)c(F)c4)sc3C2)Cn2cc([N+](=O)[O-])nc2O1.S. The van der Waals surface area contributed by atoms with E-state index in [2.05, 4.69) is 14.9 Å². The van der Waals surface area contributed by atoms with Gasteiger partial charge in [-0.15, -0.1) is 11.3 Å². The van der Waals surface area contributed by atoms with Crippen molar-refractivity contribution < 1.29 is 18.4 Å². The molecule has 5 rings (SSSR count). The molecule has 3 aromatic rings. The van der Waals surface area contributed by atoms with Crippen molar-refractivity contribution in [3.8, 4) is 16.6 Å². The molecule has 31 heavy (non-hydrogen) atoms. The Morgan fingerprint density at radius 2 is 2.13 bits per heavy atom. The lowest BCUT2D eigenvalue weighted by Crippen LogP contribution is -2.46. The standard InChI is InChI=1S/C19H17F2N5O3S.H2S/c1-19(10-25-8-16(26(27)28)23-18(25)29-19)9-24-5-4-14-15(7-24)30-17(22-14)11-2-3-12(20)13(21)6-11;/h2-3,6,8H,4-5,7,9-10H2,1H3;1H2/t19-;/m0./s1. The number of halogens is 2. The molecule has 4 heterocycles. The minimum atomic E-state index is -0.883. The third kappa shape index (κ3) is 4.02. The van der Waals surface area contributed by atoms with Gasteiger partial charge in [-0.25, -0.2) is 13.8 Å². The predicted molar refractivity (Wildman–Crippen MR) is 115 cm³/mol. The molecule has 1 atom stereocenters. The van der Waals surface area contributed by atoms with Crippen LogP contribution in [0.4, 0.5) is 14.6 Å². The van der Waals surface area contributed by atoms with Crippen molar-refractivity contribution in [1.29, 1.82) is 0 Å². The summed E-state index contributed by atoms with van der Waals surface area (Å²) in [4.78, 5) is 22.2. The molecule has 0 amide bonds. The van der Waals surface area contributed by atoms with E-state index in [1.165, 1.54) is 29.7 Å². The van der Waals surface area contributed by atoms with Gasteiger partial charge in [0.05, 0.1) is 12.2 Å². The van der Waals surface area contributed by atoms with Crippen LogP contribution in [0.5, 0.6) is 6.01 Å². The van der Waals surface area contributed by atoms with Crippen LogP contribution in [0, 0.1) is 21.7 Å². The van der Waals surface area contributed by atoms with E-state index in [-0.39, 0.29) is 25.3 Å². The Bertz CT molecular complexity index is 1140. The summed E-state index contributed by atoms with van der Waals surface area (Å²) in [6.45, 7) is 4.53. The Labute approximate surface area is 187 Å². The molecule has 0 saturated heterocycles. The van der Waals surface area contributed by atoms with Gasteiger partial charge in [-0.2, -0.15) is 13.5 Å². The first-order valence-electron chi connectivity index (χ1n) is 9.37. The number of aromatic nitrogens is 3. The number of benzene rings is 1. The zero-order valence-corrected chi connectivity index (χ0v) is 18.3. The molecule has 0 fully saturated rings. The highest BCUT2D eigenvalue weighted by molar-refractivity contribution is 7.59. The average Bonchev–Trinajstić information content (AvgIpc) is 3.34. The van der Waals surface area contributed by atoms with Crippen LogP contribution in [-0.2, 0) is 19.5 Å². The maximum Gasteiger partial charge on any atom is 0.415 e. The molecule has 0 unspecified atom stereocenters. The molecule has 0 bridgehead atoms. The lowest BCUT2D eigenvalue weighted by molar-refractivity contribution is -0.389. The lowest BCUT2D eigenvalue weighted by atomic mass is 10.0. The van der Waals surface area contributed by atoms with E-state index in [1.807, 2.05) is 6.92 Å². The van der Waals surface area contributed by atoms with Crippen molar-refractivity contribution >= 4 is 30.7 Å². The summed E-state index contributed by atoms with van der Waals surface area (Å²) in [5, 5.41) is 11.5. The van der Waals surface area contributed by atoms with E-state index in [0.717, 1.165) is 29.6 Å². The molecule has 12 heteroatoms. The smallest absolute Gasteiger partial charge is 0.415 e. The normalized spacial score (nSPS) is 20.0. The van der Waals surface area contributed by atoms with E-state index in [9.17, 15) is 18.9 Å². The predicted octanol–water partition coefficient (Wildman–Crippen LogP) is 3.52. The molecule has 2 aliphatic rings. The van der Waals surface area contributed by atoms with Gasteiger partial charge in [0.1, 0.15) is 16.8 Å². The second-order valence-corrected chi connectivity index (χ2v) is 8.88. The van der Waals surface area contributed by atoms with Gasteiger partial charge in [-0.1, -0.05) is 0 Å². The Hall–Kier alpha value is -2.57. The maximum atomic E-state index is 13.6. The third-order valence-electron chi connectivity index (χ3n) is 5.29. The highest BCUT2D eigenvalue weighted by Gasteiger charge is 2.42. The molecule has 0 saturated carbocycles. The van der Waals surface area contributed by atoms with Crippen LogP contribution in [-0.4, -0.2) is 43.0 Å². The van der Waals surface area contributed by atoms with Crippen molar-refractivity contribution in [2.45, 2.75) is 32.0 Å². The average molecular weight is 468 g/mol. The van der Waals surface area contributed by atoms with E-state index >= 15 is 0 Å². The van der Waals surface area contributed by atoms with Crippen LogP contribution in [0.15, 0.2) is 24.4 Å². The quantitative estimate of drug-likeness (QED) is 0.431. The van der Waals surface area contributed by atoms with E-state index in [4.69, 9.17) is 4.74 Å². The number of imidazole rings is 1. The van der Waals surface area contributed by atoms with Crippen LogP contribution in [0.1, 0.15) is 17.5 Å².